The highest BCUT2D eigenvalue weighted by Gasteiger charge is 2.04. The zero-order chi connectivity index (χ0) is 14.3. The molecule has 3 heteroatoms. The van der Waals surface area contributed by atoms with Crippen LogP contribution in [0.3, 0.4) is 0 Å². The standard InChI is InChI=1S/C16H31ClO2/c1-3-4-5-6-9-12-16(17)13-10-7-8-11-14-19-15(2)18/h16H,3-14H2,1-2H3. The molecule has 0 bridgehead atoms. The van der Waals surface area contributed by atoms with Crippen LogP contribution in [0.25, 0.3) is 0 Å². The minimum absolute atomic E-state index is 0.177. The fourth-order valence-corrected chi connectivity index (χ4v) is 2.46. The van der Waals surface area contributed by atoms with E-state index < -0.39 is 0 Å². The zero-order valence-electron chi connectivity index (χ0n) is 12.8. The second-order valence-electron chi connectivity index (χ2n) is 5.34. The summed E-state index contributed by atoms with van der Waals surface area (Å²) in [6.45, 7) is 4.27. The lowest BCUT2D eigenvalue weighted by atomic mass is 10.0. The average Bonchev–Trinajstić information content (AvgIpc) is 2.37. The first-order valence-electron chi connectivity index (χ1n) is 7.94. The van der Waals surface area contributed by atoms with Gasteiger partial charge < -0.3 is 4.74 Å². The third kappa shape index (κ3) is 15.7. The second-order valence-corrected chi connectivity index (χ2v) is 5.96. The van der Waals surface area contributed by atoms with Crippen molar-refractivity contribution in [2.45, 2.75) is 89.9 Å². The van der Waals surface area contributed by atoms with Crippen LogP contribution in [0, 0.1) is 0 Å². The summed E-state index contributed by atoms with van der Waals surface area (Å²) < 4.78 is 4.89. The second kappa shape index (κ2) is 14.2. The molecule has 0 N–H and O–H groups in total. The summed E-state index contributed by atoms with van der Waals surface area (Å²) in [4.78, 5) is 10.5. The van der Waals surface area contributed by atoms with Gasteiger partial charge >= 0.3 is 5.97 Å². The first kappa shape index (κ1) is 18.8. The van der Waals surface area contributed by atoms with E-state index in [0.29, 0.717) is 12.0 Å². The molecule has 19 heavy (non-hydrogen) atoms. The van der Waals surface area contributed by atoms with Crippen LogP contribution in [0.15, 0.2) is 0 Å². The van der Waals surface area contributed by atoms with E-state index in [1.165, 1.54) is 58.3 Å². The lowest BCUT2D eigenvalue weighted by molar-refractivity contribution is -0.141. The Balaban J connectivity index is 3.15. The van der Waals surface area contributed by atoms with Crippen molar-refractivity contribution >= 4 is 17.6 Å². The molecule has 1 unspecified atom stereocenters. The summed E-state index contributed by atoms with van der Waals surface area (Å²) in [5.74, 6) is -0.177. The van der Waals surface area contributed by atoms with Gasteiger partial charge in [0.15, 0.2) is 0 Å². The molecule has 0 aliphatic rings. The van der Waals surface area contributed by atoms with Crippen molar-refractivity contribution in [3.63, 3.8) is 0 Å². The number of alkyl halides is 1. The number of esters is 1. The number of unbranched alkanes of at least 4 members (excludes halogenated alkanes) is 7. The molecular formula is C16H31ClO2. The molecule has 0 aromatic carbocycles. The Morgan fingerprint density at radius 2 is 1.47 bits per heavy atom. The molecular weight excluding hydrogens is 260 g/mol. The quantitative estimate of drug-likeness (QED) is 0.255. The highest BCUT2D eigenvalue weighted by molar-refractivity contribution is 6.20. The number of carbonyl (C=O) groups excluding carboxylic acids is 1. The van der Waals surface area contributed by atoms with Crippen LogP contribution < -0.4 is 0 Å². The summed E-state index contributed by atoms with van der Waals surface area (Å²) in [7, 11) is 0. The highest BCUT2D eigenvalue weighted by atomic mass is 35.5. The van der Waals surface area contributed by atoms with E-state index in [-0.39, 0.29) is 5.97 Å². The van der Waals surface area contributed by atoms with E-state index in [0.717, 1.165) is 19.3 Å². The van der Waals surface area contributed by atoms with Crippen molar-refractivity contribution in [2.75, 3.05) is 6.61 Å². The first-order valence-corrected chi connectivity index (χ1v) is 8.38. The van der Waals surface area contributed by atoms with Gasteiger partial charge in [0.2, 0.25) is 0 Å². The minimum atomic E-state index is -0.177. The number of hydrogen-bond acceptors (Lipinski definition) is 2. The van der Waals surface area contributed by atoms with E-state index in [9.17, 15) is 4.79 Å². The molecule has 0 aliphatic carbocycles. The Morgan fingerprint density at radius 3 is 2.00 bits per heavy atom. The van der Waals surface area contributed by atoms with Crippen molar-refractivity contribution in [1.29, 1.82) is 0 Å². The van der Waals surface area contributed by atoms with E-state index in [1.807, 2.05) is 0 Å². The van der Waals surface area contributed by atoms with Gasteiger partial charge in [-0.25, -0.2) is 0 Å². The van der Waals surface area contributed by atoms with Gasteiger partial charge in [-0.2, -0.15) is 0 Å². The Morgan fingerprint density at radius 1 is 0.947 bits per heavy atom. The topological polar surface area (TPSA) is 26.3 Å². The van der Waals surface area contributed by atoms with Gasteiger partial charge in [-0.3, -0.25) is 4.79 Å². The maximum Gasteiger partial charge on any atom is 0.302 e. The molecule has 0 rings (SSSR count). The molecule has 0 saturated heterocycles. The maximum absolute atomic E-state index is 10.5. The molecule has 0 fully saturated rings. The third-order valence-electron chi connectivity index (χ3n) is 3.34. The van der Waals surface area contributed by atoms with E-state index >= 15 is 0 Å². The fourth-order valence-electron chi connectivity index (χ4n) is 2.15. The Labute approximate surface area is 124 Å². The van der Waals surface area contributed by atoms with Gasteiger partial charge in [0.05, 0.1) is 6.61 Å². The predicted octanol–water partition coefficient (Wildman–Crippen LogP) is 5.47. The molecule has 114 valence electrons. The Bertz CT molecular complexity index is 207. The predicted molar refractivity (Wildman–Crippen MR) is 82.7 cm³/mol. The Kier molecular flexibility index (Phi) is 14.0. The molecule has 0 aliphatic heterocycles. The van der Waals surface area contributed by atoms with Gasteiger partial charge in [-0.15, -0.1) is 11.6 Å². The van der Waals surface area contributed by atoms with Gasteiger partial charge in [0, 0.05) is 12.3 Å². The average molecular weight is 291 g/mol. The number of ether oxygens (including phenoxy) is 1. The van der Waals surface area contributed by atoms with E-state index in [2.05, 4.69) is 6.92 Å². The Hall–Kier alpha value is -0.240. The largest absolute Gasteiger partial charge is 0.466 e. The van der Waals surface area contributed by atoms with E-state index in [4.69, 9.17) is 16.3 Å². The molecule has 0 amide bonds. The molecule has 0 radical (unpaired) electrons. The molecule has 1 atom stereocenters. The van der Waals surface area contributed by atoms with Gasteiger partial charge in [-0.1, -0.05) is 58.3 Å². The van der Waals surface area contributed by atoms with Crippen molar-refractivity contribution in [1.82, 2.24) is 0 Å². The summed E-state index contributed by atoms with van der Waals surface area (Å²) in [6, 6.07) is 0. The number of halogens is 1. The number of hydrogen-bond donors (Lipinski definition) is 0. The van der Waals surface area contributed by atoms with Crippen LogP contribution in [0.1, 0.15) is 84.5 Å². The van der Waals surface area contributed by atoms with Gasteiger partial charge in [0.25, 0.3) is 0 Å². The lowest BCUT2D eigenvalue weighted by Gasteiger charge is -2.09. The minimum Gasteiger partial charge on any atom is -0.466 e. The van der Waals surface area contributed by atoms with Gasteiger partial charge in [-0.05, 0) is 19.3 Å². The molecule has 2 nitrogen and oxygen atoms in total. The van der Waals surface area contributed by atoms with Crippen LogP contribution in [-0.2, 0) is 9.53 Å². The highest BCUT2D eigenvalue weighted by Crippen LogP contribution is 2.17. The van der Waals surface area contributed by atoms with Crippen LogP contribution in [0.5, 0.6) is 0 Å². The summed E-state index contributed by atoms with van der Waals surface area (Å²) in [5.41, 5.74) is 0. The number of carbonyl (C=O) groups is 1. The van der Waals surface area contributed by atoms with Gasteiger partial charge in [0.1, 0.15) is 0 Å². The summed E-state index contributed by atoms with van der Waals surface area (Å²) >= 11 is 6.31. The van der Waals surface area contributed by atoms with Crippen molar-refractivity contribution < 1.29 is 9.53 Å². The molecule has 0 heterocycles. The molecule has 0 saturated carbocycles. The third-order valence-corrected chi connectivity index (χ3v) is 3.77. The van der Waals surface area contributed by atoms with Crippen LogP contribution >= 0.6 is 11.6 Å². The van der Waals surface area contributed by atoms with Crippen LogP contribution in [-0.4, -0.2) is 18.0 Å². The molecule has 0 aromatic rings. The zero-order valence-corrected chi connectivity index (χ0v) is 13.5. The maximum atomic E-state index is 10.5. The van der Waals surface area contributed by atoms with E-state index in [1.54, 1.807) is 0 Å². The fraction of sp³-hybridized carbons (Fsp3) is 0.938. The van der Waals surface area contributed by atoms with Crippen LogP contribution in [0.4, 0.5) is 0 Å². The first-order chi connectivity index (χ1) is 9.16. The summed E-state index contributed by atoms with van der Waals surface area (Å²) in [5, 5.41) is 0.357. The summed E-state index contributed by atoms with van der Waals surface area (Å²) in [6.07, 6.45) is 13.4. The SMILES string of the molecule is CCCCCCCC(Cl)CCCCCCOC(C)=O. The normalized spacial score (nSPS) is 12.4. The van der Waals surface area contributed by atoms with Crippen LogP contribution in [0.2, 0.25) is 0 Å². The van der Waals surface area contributed by atoms with Crippen molar-refractivity contribution in [3.05, 3.63) is 0 Å². The number of rotatable bonds is 13. The lowest BCUT2D eigenvalue weighted by Crippen LogP contribution is -2.01. The smallest absolute Gasteiger partial charge is 0.302 e. The van der Waals surface area contributed by atoms with Crippen molar-refractivity contribution in [2.24, 2.45) is 0 Å². The molecule has 0 aromatic heterocycles. The van der Waals surface area contributed by atoms with Crippen molar-refractivity contribution in [3.8, 4) is 0 Å². The monoisotopic (exact) mass is 290 g/mol. The molecule has 0 spiro atoms.